The second kappa shape index (κ2) is 9.32. The van der Waals surface area contributed by atoms with E-state index in [1.807, 2.05) is 38.1 Å². The van der Waals surface area contributed by atoms with Crippen LogP contribution in [-0.4, -0.2) is 27.4 Å². The molecular weight excluding hydrogens is 478 g/mol. The third-order valence-corrected chi connectivity index (χ3v) is 6.49. The van der Waals surface area contributed by atoms with Crippen molar-refractivity contribution in [2.24, 2.45) is 4.99 Å². The summed E-state index contributed by atoms with van der Waals surface area (Å²) in [5.41, 5.74) is 3.16. The van der Waals surface area contributed by atoms with Gasteiger partial charge in [0, 0.05) is 5.56 Å². The molecule has 0 spiro atoms. The highest BCUT2D eigenvalue weighted by atomic mass is 35.5. The van der Waals surface area contributed by atoms with Crippen LogP contribution in [0.15, 0.2) is 76.2 Å². The molecule has 0 unspecified atom stereocenters. The normalized spacial score (nSPS) is 14.6. The van der Waals surface area contributed by atoms with E-state index in [2.05, 4.69) is 4.99 Å². The van der Waals surface area contributed by atoms with Gasteiger partial charge in [-0.1, -0.05) is 47.0 Å². The van der Waals surface area contributed by atoms with E-state index in [4.69, 9.17) is 25.3 Å². The summed E-state index contributed by atoms with van der Waals surface area (Å²) in [7, 11) is -2.79. The lowest BCUT2D eigenvalue weighted by Gasteiger charge is -2.13. The number of methoxy groups -OCH3 is 1. The number of hydrogen-bond acceptors (Lipinski definition) is 7. The van der Waals surface area contributed by atoms with Gasteiger partial charge in [-0.25, -0.2) is 9.79 Å². The van der Waals surface area contributed by atoms with Crippen LogP contribution in [0.2, 0.25) is 5.02 Å². The van der Waals surface area contributed by atoms with E-state index in [1.54, 1.807) is 12.1 Å². The Labute approximate surface area is 202 Å². The molecule has 0 N–H and O–H groups in total. The molecule has 3 aromatic rings. The molecule has 9 heteroatoms. The summed E-state index contributed by atoms with van der Waals surface area (Å²) in [4.78, 5) is 16.6. The summed E-state index contributed by atoms with van der Waals surface area (Å²) in [5, 5.41) is -0.0176. The molecule has 0 saturated heterocycles. The maximum absolute atomic E-state index is 12.7. The molecule has 0 amide bonds. The molecule has 0 aliphatic carbocycles. The molecular formula is C25H20ClNO6S. The zero-order chi connectivity index (χ0) is 24.5. The van der Waals surface area contributed by atoms with Gasteiger partial charge in [0.2, 0.25) is 11.6 Å². The van der Waals surface area contributed by atoms with Crippen LogP contribution < -0.4 is 8.92 Å². The number of halogens is 1. The van der Waals surface area contributed by atoms with Crippen molar-refractivity contribution in [1.82, 2.24) is 0 Å². The second-order valence-electron chi connectivity index (χ2n) is 7.59. The Kier molecular flexibility index (Phi) is 6.45. The Balaban J connectivity index is 1.65. The zero-order valence-electron chi connectivity index (χ0n) is 18.5. The molecule has 0 bridgehead atoms. The first-order chi connectivity index (χ1) is 16.2. The predicted octanol–water partition coefficient (Wildman–Crippen LogP) is 5.08. The van der Waals surface area contributed by atoms with Crippen LogP contribution in [0.4, 0.5) is 0 Å². The van der Waals surface area contributed by atoms with Crippen molar-refractivity contribution in [3.05, 3.63) is 93.6 Å². The van der Waals surface area contributed by atoms with Gasteiger partial charge in [-0.2, -0.15) is 8.42 Å². The van der Waals surface area contributed by atoms with E-state index < -0.39 is 16.1 Å². The minimum atomic E-state index is -4.15. The van der Waals surface area contributed by atoms with Gasteiger partial charge in [0.1, 0.15) is 4.90 Å². The summed E-state index contributed by atoms with van der Waals surface area (Å²) >= 11 is 6.34. The van der Waals surface area contributed by atoms with Gasteiger partial charge in [-0.3, -0.25) is 0 Å². The second-order valence-corrected chi connectivity index (χ2v) is 9.54. The van der Waals surface area contributed by atoms with E-state index in [-0.39, 0.29) is 33.0 Å². The van der Waals surface area contributed by atoms with Gasteiger partial charge in [0.15, 0.2) is 11.4 Å². The molecule has 0 saturated carbocycles. The fourth-order valence-electron chi connectivity index (χ4n) is 3.15. The van der Waals surface area contributed by atoms with Gasteiger partial charge in [-0.05, 0) is 61.9 Å². The fourth-order valence-corrected chi connectivity index (χ4v) is 4.41. The molecule has 1 aliphatic rings. The standard InChI is InChI=1S/C25H20ClNO6S/c1-15-4-8-18(9-5-15)24-27-21(25(28)32-24)13-17-12-20(26)23(22(14-17)31-3)33-34(29,30)19-10-6-16(2)7-11-19/h4-14H,1-3H3. The smallest absolute Gasteiger partial charge is 0.363 e. The minimum absolute atomic E-state index is 0.0176. The Hall–Kier alpha value is -3.62. The van der Waals surface area contributed by atoms with Crippen LogP contribution in [0.5, 0.6) is 11.5 Å². The van der Waals surface area contributed by atoms with E-state index in [0.717, 1.165) is 11.1 Å². The number of esters is 1. The number of ether oxygens (including phenoxy) is 2. The third kappa shape index (κ3) is 4.98. The molecule has 0 fully saturated rings. The highest BCUT2D eigenvalue weighted by Crippen LogP contribution is 2.39. The number of carbonyl (C=O) groups excluding carboxylic acids is 1. The third-order valence-electron chi connectivity index (χ3n) is 4.98. The number of rotatable bonds is 6. The molecule has 174 valence electrons. The van der Waals surface area contributed by atoms with Crippen molar-refractivity contribution in [3.63, 3.8) is 0 Å². The predicted molar refractivity (Wildman–Crippen MR) is 129 cm³/mol. The van der Waals surface area contributed by atoms with Crippen molar-refractivity contribution in [2.45, 2.75) is 18.7 Å². The van der Waals surface area contributed by atoms with E-state index in [1.165, 1.54) is 37.5 Å². The molecule has 7 nitrogen and oxygen atoms in total. The number of carbonyl (C=O) groups is 1. The SMILES string of the molecule is COc1cc(C=C2N=C(c3ccc(C)cc3)OC2=O)cc(Cl)c1OS(=O)(=O)c1ccc(C)cc1. The average Bonchev–Trinajstić information content (AvgIpc) is 3.16. The molecule has 34 heavy (non-hydrogen) atoms. The maximum atomic E-state index is 12.7. The summed E-state index contributed by atoms with van der Waals surface area (Å²) in [6, 6.07) is 16.6. The maximum Gasteiger partial charge on any atom is 0.363 e. The number of hydrogen-bond donors (Lipinski definition) is 0. The Bertz CT molecular complexity index is 1430. The molecule has 0 radical (unpaired) electrons. The lowest BCUT2D eigenvalue weighted by Crippen LogP contribution is -2.11. The van der Waals surface area contributed by atoms with Crippen LogP contribution in [0.1, 0.15) is 22.3 Å². The monoisotopic (exact) mass is 497 g/mol. The lowest BCUT2D eigenvalue weighted by molar-refractivity contribution is -0.129. The van der Waals surface area contributed by atoms with E-state index in [9.17, 15) is 13.2 Å². The van der Waals surface area contributed by atoms with Gasteiger partial charge in [-0.15, -0.1) is 0 Å². The summed E-state index contributed by atoms with van der Waals surface area (Å²) in [6.07, 6.45) is 1.47. The van der Waals surface area contributed by atoms with Gasteiger partial charge < -0.3 is 13.7 Å². The van der Waals surface area contributed by atoms with E-state index in [0.29, 0.717) is 11.1 Å². The van der Waals surface area contributed by atoms with Crippen LogP contribution >= 0.6 is 11.6 Å². The highest BCUT2D eigenvalue weighted by Gasteiger charge is 2.25. The molecule has 0 atom stereocenters. The van der Waals surface area contributed by atoms with Gasteiger partial charge in [0.25, 0.3) is 0 Å². The fraction of sp³-hybridized carbons (Fsp3) is 0.120. The van der Waals surface area contributed by atoms with Crippen molar-refractivity contribution >= 4 is 39.7 Å². The quantitative estimate of drug-likeness (QED) is 0.268. The van der Waals surface area contributed by atoms with Crippen LogP contribution in [0, 0.1) is 13.8 Å². The minimum Gasteiger partial charge on any atom is -0.493 e. The summed E-state index contributed by atoms with van der Waals surface area (Å²) in [5.74, 6) is -0.514. The Morgan fingerprint density at radius 2 is 1.59 bits per heavy atom. The van der Waals surface area contributed by atoms with Crippen LogP contribution in [0.3, 0.4) is 0 Å². The van der Waals surface area contributed by atoms with Crippen molar-refractivity contribution in [1.29, 1.82) is 0 Å². The number of cyclic esters (lactones) is 1. The number of aliphatic imine (C=N–C) groups is 1. The first kappa shape index (κ1) is 23.5. The van der Waals surface area contributed by atoms with Gasteiger partial charge in [0.05, 0.1) is 12.1 Å². The molecule has 1 heterocycles. The first-order valence-electron chi connectivity index (χ1n) is 10.1. The summed E-state index contributed by atoms with van der Waals surface area (Å²) < 4.78 is 41.3. The van der Waals surface area contributed by atoms with Crippen molar-refractivity contribution in [2.75, 3.05) is 7.11 Å². The van der Waals surface area contributed by atoms with Crippen LogP contribution in [0.25, 0.3) is 6.08 Å². The first-order valence-corrected chi connectivity index (χ1v) is 11.9. The highest BCUT2D eigenvalue weighted by molar-refractivity contribution is 7.87. The largest absolute Gasteiger partial charge is 0.493 e. The molecule has 3 aromatic carbocycles. The number of nitrogens with zero attached hydrogens (tertiary/aromatic N) is 1. The van der Waals surface area contributed by atoms with Crippen molar-refractivity contribution in [3.8, 4) is 11.5 Å². The Morgan fingerprint density at radius 1 is 0.971 bits per heavy atom. The van der Waals surface area contributed by atoms with E-state index >= 15 is 0 Å². The molecule has 0 aromatic heterocycles. The van der Waals surface area contributed by atoms with Gasteiger partial charge >= 0.3 is 16.1 Å². The van der Waals surface area contributed by atoms with Crippen LogP contribution in [-0.2, 0) is 19.6 Å². The topological polar surface area (TPSA) is 91.3 Å². The Morgan fingerprint density at radius 3 is 2.21 bits per heavy atom. The number of benzene rings is 3. The zero-order valence-corrected chi connectivity index (χ0v) is 20.1. The molecule has 1 aliphatic heterocycles. The number of aryl methyl sites for hydroxylation is 2. The average molecular weight is 498 g/mol. The van der Waals surface area contributed by atoms with Crippen molar-refractivity contribution < 1.29 is 26.9 Å². The summed E-state index contributed by atoms with van der Waals surface area (Å²) in [6.45, 7) is 3.80. The lowest BCUT2D eigenvalue weighted by atomic mass is 10.1. The molecule has 4 rings (SSSR count).